The van der Waals surface area contributed by atoms with Crippen molar-refractivity contribution >= 4 is 17.0 Å². The highest BCUT2D eigenvalue weighted by atomic mass is 16.5. The van der Waals surface area contributed by atoms with Gasteiger partial charge in [-0.1, -0.05) is 44.7 Å². The minimum absolute atomic E-state index is 0.263. The Morgan fingerprint density at radius 2 is 2.00 bits per heavy atom. The molecule has 0 saturated heterocycles. The Balaban J connectivity index is 2.31. The second-order valence-corrected chi connectivity index (χ2v) is 5.62. The van der Waals surface area contributed by atoms with E-state index < -0.39 is 5.92 Å². The molecule has 1 unspecified atom stereocenters. The highest BCUT2D eigenvalue weighted by Crippen LogP contribution is 2.22. The molecule has 0 aliphatic rings. The topological polar surface area (TPSA) is 72.0 Å². The van der Waals surface area contributed by atoms with Crippen LogP contribution in [0.15, 0.2) is 29.1 Å². The number of esters is 1. The van der Waals surface area contributed by atoms with Gasteiger partial charge in [0.15, 0.2) is 0 Å². The number of benzene rings is 1. The van der Waals surface area contributed by atoms with E-state index in [9.17, 15) is 9.59 Å². The van der Waals surface area contributed by atoms with Crippen molar-refractivity contribution in [1.82, 2.24) is 9.97 Å². The molecule has 5 nitrogen and oxygen atoms in total. The van der Waals surface area contributed by atoms with Crippen molar-refractivity contribution in [2.24, 2.45) is 0 Å². The fourth-order valence-electron chi connectivity index (χ4n) is 2.66. The van der Waals surface area contributed by atoms with Crippen LogP contribution in [0, 0.1) is 0 Å². The molecular weight excluding hydrogens is 292 g/mol. The number of H-pyrrole nitrogens is 1. The van der Waals surface area contributed by atoms with Gasteiger partial charge in [0.2, 0.25) is 0 Å². The van der Waals surface area contributed by atoms with E-state index in [1.54, 1.807) is 13.0 Å². The third-order valence-electron chi connectivity index (χ3n) is 3.87. The van der Waals surface area contributed by atoms with Crippen LogP contribution >= 0.6 is 0 Å². The first-order valence-corrected chi connectivity index (χ1v) is 8.33. The van der Waals surface area contributed by atoms with Gasteiger partial charge < -0.3 is 9.72 Å². The van der Waals surface area contributed by atoms with Crippen LogP contribution in [-0.2, 0) is 9.53 Å². The fraction of sp³-hybridized carbons (Fsp3) is 0.500. The normalized spacial score (nSPS) is 12.3. The molecule has 23 heavy (non-hydrogen) atoms. The predicted octanol–water partition coefficient (Wildman–Crippen LogP) is 3.54. The number of rotatable bonds is 8. The molecule has 0 bridgehead atoms. The summed E-state index contributed by atoms with van der Waals surface area (Å²) in [6.45, 7) is 4.21. The van der Waals surface area contributed by atoms with Gasteiger partial charge in [0, 0.05) is 0 Å². The molecule has 0 saturated carbocycles. The lowest BCUT2D eigenvalue weighted by atomic mass is 9.97. The Labute approximate surface area is 136 Å². The molecule has 0 spiro atoms. The molecule has 0 aliphatic carbocycles. The van der Waals surface area contributed by atoms with Crippen LogP contribution in [0.5, 0.6) is 0 Å². The molecule has 1 aromatic heterocycles. The number of aromatic nitrogens is 2. The molecule has 1 atom stereocenters. The van der Waals surface area contributed by atoms with Crippen LogP contribution in [0.25, 0.3) is 11.0 Å². The molecule has 2 rings (SSSR count). The van der Waals surface area contributed by atoms with Gasteiger partial charge in [-0.25, -0.2) is 4.98 Å². The van der Waals surface area contributed by atoms with E-state index >= 15 is 0 Å². The first-order valence-electron chi connectivity index (χ1n) is 8.33. The largest absolute Gasteiger partial charge is 0.465 e. The SMILES string of the molecule is CCCCCCC(C(=O)OCC)c1nc2ccccc2[nH]c1=O. The molecule has 1 heterocycles. The van der Waals surface area contributed by atoms with Gasteiger partial charge in [0.1, 0.15) is 11.6 Å². The molecule has 1 aromatic carbocycles. The van der Waals surface area contributed by atoms with Gasteiger partial charge >= 0.3 is 5.97 Å². The first kappa shape index (κ1) is 17.2. The van der Waals surface area contributed by atoms with Crippen LogP contribution in [0.4, 0.5) is 0 Å². The summed E-state index contributed by atoms with van der Waals surface area (Å²) in [4.78, 5) is 31.9. The number of hydrogen-bond donors (Lipinski definition) is 1. The van der Waals surface area contributed by atoms with E-state index in [1.165, 1.54) is 0 Å². The van der Waals surface area contributed by atoms with Crippen molar-refractivity contribution in [2.45, 2.75) is 51.9 Å². The molecule has 1 N–H and O–H groups in total. The lowest BCUT2D eigenvalue weighted by Gasteiger charge is -2.14. The van der Waals surface area contributed by atoms with E-state index in [4.69, 9.17) is 4.74 Å². The molecular formula is C18H24N2O3. The molecule has 0 amide bonds. The smallest absolute Gasteiger partial charge is 0.315 e. The van der Waals surface area contributed by atoms with E-state index in [0.717, 1.165) is 25.7 Å². The zero-order chi connectivity index (χ0) is 16.7. The summed E-state index contributed by atoms with van der Waals surface area (Å²) < 4.78 is 5.15. The number of ether oxygens (including phenoxy) is 1. The van der Waals surface area contributed by atoms with Crippen LogP contribution in [-0.4, -0.2) is 22.5 Å². The number of hydrogen-bond acceptors (Lipinski definition) is 4. The molecule has 0 radical (unpaired) electrons. The Kier molecular flexibility index (Phi) is 6.32. The summed E-state index contributed by atoms with van der Waals surface area (Å²) in [5.41, 5.74) is 1.32. The van der Waals surface area contributed by atoms with Crippen molar-refractivity contribution in [3.8, 4) is 0 Å². The standard InChI is InChI=1S/C18H24N2O3/c1-3-5-6-7-10-13(18(22)23-4-2)16-17(21)20-15-12-9-8-11-14(15)19-16/h8-9,11-13H,3-7,10H2,1-2H3,(H,20,21). The molecule has 5 heteroatoms. The van der Waals surface area contributed by atoms with E-state index in [2.05, 4.69) is 16.9 Å². The Bertz CT molecular complexity index is 709. The highest BCUT2D eigenvalue weighted by Gasteiger charge is 2.26. The zero-order valence-electron chi connectivity index (χ0n) is 13.8. The maximum atomic E-state index is 12.3. The Morgan fingerprint density at radius 1 is 1.22 bits per heavy atom. The summed E-state index contributed by atoms with van der Waals surface area (Å²) in [5.74, 6) is -0.961. The maximum Gasteiger partial charge on any atom is 0.315 e. The predicted molar refractivity (Wildman–Crippen MR) is 90.5 cm³/mol. The highest BCUT2D eigenvalue weighted by molar-refractivity contribution is 5.79. The molecule has 124 valence electrons. The number of unbranched alkanes of at least 4 members (excludes halogenated alkanes) is 3. The lowest BCUT2D eigenvalue weighted by Crippen LogP contribution is -2.25. The van der Waals surface area contributed by atoms with Crippen molar-refractivity contribution in [3.05, 3.63) is 40.3 Å². The lowest BCUT2D eigenvalue weighted by molar-refractivity contribution is -0.145. The van der Waals surface area contributed by atoms with Crippen LogP contribution < -0.4 is 5.56 Å². The third kappa shape index (κ3) is 4.41. The summed E-state index contributed by atoms with van der Waals surface area (Å²) in [7, 11) is 0. The molecule has 0 fully saturated rings. The fourth-order valence-corrected chi connectivity index (χ4v) is 2.66. The number of nitrogens with one attached hydrogen (secondary N) is 1. The van der Waals surface area contributed by atoms with Gasteiger partial charge in [0.25, 0.3) is 5.56 Å². The number of nitrogens with zero attached hydrogens (tertiary/aromatic N) is 1. The van der Waals surface area contributed by atoms with E-state index in [0.29, 0.717) is 24.1 Å². The average Bonchev–Trinajstić information content (AvgIpc) is 2.55. The zero-order valence-corrected chi connectivity index (χ0v) is 13.8. The monoisotopic (exact) mass is 316 g/mol. The van der Waals surface area contributed by atoms with Gasteiger partial charge in [-0.2, -0.15) is 0 Å². The number of aromatic amines is 1. The van der Waals surface area contributed by atoms with Gasteiger partial charge in [-0.15, -0.1) is 0 Å². The van der Waals surface area contributed by atoms with Crippen molar-refractivity contribution < 1.29 is 9.53 Å². The summed E-state index contributed by atoms with van der Waals surface area (Å²) in [6.07, 6.45) is 4.76. The minimum atomic E-state index is -0.597. The first-order chi connectivity index (χ1) is 11.2. The van der Waals surface area contributed by atoms with Crippen molar-refractivity contribution in [3.63, 3.8) is 0 Å². The van der Waals surface area contributed by atoms with Crippen LogP contribution in [0.3, 0.4) is 0 Å². The third-order valence-corrected chi connectivity index (χ3v) is 3.87. The Hall–Kier alpha value is -2.17. The van der Waals surface area contributed by atoms with E-state index in [-0.39, 0.29) is 17.2 Å². The summed E-state index contributed by atoms with van der Waals surface area (Å²) in [5, 5.41) is 0. The number of carbonyl (C=O) groups is 1. The quantitative estimate of drug-likeness (QED) is 0.597. The average molecular weight is 316 g/mol. The van der Waals surface area contributed by atoms with Gasteiger partial charge in [-0.05, 0) is 25.5 Å². The van der Waals surface area contributed by atoms with Gasteiger partial charge in [-0.3, -0.25) is 9.59 Å². The maximum absolute atomic E-state index is 12.3. The minimum Gasteiger partial charge on any atom is -0.465 e. The number of carbonyl (C=O) groups excluding carboxylic acids is 1. The summed E-state index contributed by atoms with van der Waals surface area (Å²) in [6, 6.07) is 7.33. The second kappa shape index (κ2) is 8.46. The summed E-state index contributed by atoms with van der Waals surface area (Å²) >= 11 is 0. The van der Waals surface area contributed by atoms with Gasteiger partial charge in [0.05, 0.1) is 17.6 Å². The number of fused-ring (bicyclic) bond motifs is 1. The van der Waals surface area contributed by atoms with Crippen LogP contribution in [0.2, 0.25) is 0 Å². The molecule has 2 aromatic rings. The van der Waals surface area contributed by atoms with E-state index in [1.807, 2.05) is 18.2 Å². The second-order valence-electron chi connectivity index (χ2n) is 5.62. The number of para-hydroxylation sites is 2. The van der Waals surface area contributed by atoms with Crippen LogP contribution in [0.1, 0.15) is 57.6 Å². The molecule has 0 aliphatic heterocycles. The Morgan fingerprint density at radius 3 is 2.74 bits per heavy atom. The van der Waals surface area contributed by atoms with Crippen molar-refractivity contribution in [2.75, 3.05) is 6.61 Å². The van der Waals surface area contributed by atoms with Crippen molar-refractivity contribution in [1.29, 1.82) is 0 Å².